The highest BCUT2D eigenvalue weighted by Crippen LogP contribution is 2.25. The highest BCUT2D eigenvalue weighted by molar-refractivity contribution is 5.80. The Labute approximate surface area is 110 Å². The lowest BCUT2D eigenvalue weighted by molar-refractivity contribution is 0.870. The van der Waals surface area contributed by atoms with Gasteiger partial charge in [-0.1, -0.05) is 12.1 Å². The zero-order chi connectivity index (χ0) is 13.2. The summed E-state index contributed by atoms with van der Waals surface area (Å²) in [7, 11) is 0. The Kier molecular flexibility index (Phi) is 2.66. The van der Waals surface area contributed by atoms with Crippen LogP contribution >= 0.6 is 0 Å². The molecule has 4 heteroatoms. The van der Waals surface area contributed by atoms with Gasteiger partial charge in [0.1, 0.15) is 12.4 Å². The Bertz CT molecular complexity index is 763. The molecule has 19 heavy (non-hydrogen) atoms. The number of benzene rings is 2. The monoisotopic (exact) mass is 248 g/mol. The second-order valence-electron chi connectivity index (χ2n) is 4.29. The van der Waals surface area contributed by atoms with Gasteiger partial charge in [-0.25, -0.2) is 4.98 Å². The first kappa shape index (κ1) is 11.3. The molecule has 0 atom stereocenters. The van der Waals surface area contributed by atoms with Gasteiger partial charge >= 0.3 is 0 Å². The van der Waals surface area contributed by atoms with Crippen molar-refractivity contribution in [3.63, 3.8) is 0 Å². The summed E-state index contributed by atoms with van der Waals surface area (Å²) in [6.07, 6.45) is 0. The summed E-state index contributed by atoms with van der Waals surface area (Å²) in [6.45, 7) is 0.278. The van der Waals surface area contributed by atoms with Crippen molar-refractivity contribution in [1.82, 2.24) is 9.55 Å². The highest BCUT2D eigenvalue weighted by atomic mass is 15.1. The highest BCUT2D eigenvalue weighted by Gasteiger charge is 2.11. The van der Waals surface area contributed by atoms with E-state index in [1.54, 1.807) is 0 Å². The minimum absolute atomic E-state index is 0.278. The van der Waals surface area contributed by atoms with Crippen LogP contribution in [0.5, 0.6) is 0 Å². The van der Waals surface area contributed by atoms with Crippen LogP contribution in [-0.2, 0) is 6.54 Å². The second-order valence-corrected chi connectivity index (χ2v) is 4.29. The average molecular weight is 248 g/mol. The first-order valence-electron chi connectivity index (χ1n) is 5.98. The number of imidazole rings is 1. The van der Waals surface area contributed by atoms with E-state index in [1.165, 1.54) is 0 Å². The number of nitrogens with two attached hydrogens (primary N) is 1. The Balaban J connectivity index is 2.25. The number of aromatic nitrogens is 2. The molecule has 4 nitrogen and oxygen atoms in total. The van der Waals surface area contributed by atoms with Crippen LogP contribution in [0.2, 0.25) is 0 Å². The number of para-hydroxylation sites is 2. The van der Waals surface area contributed by atoms with Gasteiger partial charge in [0.15, 0.2) is 0 Å². The lowest BCUT2D eigenvalue weighted by Crippen LogP contribution is -1.98. The fraction of sp³-hybridized carbons (Fsp3) is 0.0667. The molecule has 0 saturated heterocycles. The summed E-state index contributed by atoms with van der Waals surface area (Å²) in [5.74, 6) is 0.794. The molecular formula is C15H12N4. The fourth-order valence-electron chi connectivity index (χ4n) is 2.16. The van der Waals surface area contributed by atoms with Crippen molar-refractivity contribution in [2.45, 2.75) is 6.54 Å². The van der Waals surface area contributed by atoms with E-state index in [2.05, 4.69) is 11.1 Å². The van der Waals surface area contributed by atoms with Gasteiger partial charge < -0.3 is 10.3 Å². The molecule has 0 saturated carbocycles. The minimum atomic E-state index is 0.278. The van der Waals surface area contributed by atoms with Gasteiger partial charge in [0.05, 0.1) is 17.1 Å². The molecule has 0 aliphatic rings. The zero-order valence-electron chi connectivity index (χ0n) is 10.2. The van der Waals surface area contributed by atoms with Gasteiger partial charge in [0.2, 0.25) is 0 Å². The smallest absolute Gasteiger partial charge is 0.142 e. The van der Waals surface area contributed by atoms with Gasteiger partial charge in [-0.15, -0.1) is 0 Å². The molecule has 0 unspecified atom stereocenters. The quantitative estimate of drug-likeness (QED) is 0.709. The summed E-state index contributed by atoms with van der Waals surface area (Å²) in [5, 5.41) is 8.99. The molecule has 1 aromatic heterocycles. The second kappa shape index (κ2) is 4.46. The van der Waals surface area contributed by atoms with E-state index in [9.17, 15) is 0 Å². The Morgan fingerprint density at radius 1 is 1.11 bits per heavy atom. The summed E-state index contributed by atoms with van der Waals surface area (Å²) >= 11 is 0. The predicted octanol–water partition coefficient (Wildman–Crippen LogP) is 2.81. The molecule has 0 fully saturated rings. The lowest BCUT2D eigenvalue weighted by Gasteiger charge is -2.05. The van der Waals surface area contributed by atoms with Crippen LogP contribution < -0.4 is 5.73 Å². The summed E-state index contributed by atoms with van der Waals surface area (Å²) < 4.78 is 1.92. The van der Waals surface area contributed by atoms with Gasteiger partial charge in [-0.05, 0) is 36.4 Å². The van der Waals surface area contributed by atoms with Gasteiger partial charge in [-0.2, -0.15) is 5.26 Å². The predicted molar refractivity (Wildman–Crippen MR) is 75.2 cm³/mol. The number of hydrogen-bond acceptors (Lipinski definition) is 3. The van der Waals surface area contributed by atoms with Crippen LogP contribution in [0.1, 0.15) is 0 Å². The number of fused-ring (bicyclic) bond motifs is 1. The van der Waals surface area contributed by atoms with Gasteiger partial charge in [0, 0.05) is 11.3 Å². The van der Waals surface area contributed by atoms with Crippen molar-refractivity contribution < 1.29 is 0 Å². The summed E-state index contributed by atoms with van der Waals surface area (Å²) in [6, 6.07) is 17.5. The van der Waals surface area contributed by atoms with Crippen LogP contribution in [0.4, 0.5) is 5.69 Å². The maximum atomic E-state index is 8.99. The van der Waals surface area contributed by atoms with Crippen molar-refractivity contribution >= 4 is 16.7 Å². The summed E-state index contributed by atoms with van der Waals surface area (Å²) in [4.78, 5) is 4.60. The average Bonchev–Trinajstić information content (AvgIpc) is 2.79. The molecule has 0 radical (unpaired) electrons. The van der Waals surface area contributed by atoms with Crippen molar-refractivity contribution in [3.8, 4) is 17.5 Å². The third-order valence-corrected chi connectivity index (χ3v) is 3.05. The minimum Gasteiger partial charge on any atom is -0.399 e. The van der Waals surface area contributed by atoms with E-state index in [1.807, 2.05) is 53.1 Å². The van der Waals surface area contributed by atoms with E-state index in [0.717, 1.165) is 22.4 Å². The fourth-order valence-corrected chi connectivity index (χ4v) is 2.16. The zero-order valence-corrected chi connectivity index (χ0v) is 10.2. The van der Waals surface area contributed by atoms with E-state index < -0.39 is 0 Å². The Morgan fingerprint density at radius 3 is 2.58 bits per heavy atom. The molecule has 3 aromatic rings. The number of nitriles is 1. The third kappa shape index (κ3) is 1.91. The molecule has 1 heterocycles. The standard InChI is InChI=1S/C15H12N4/c16-9-10-19-14-4-2-1-3-13(14)18-15(19)11-5-7-12(17)8-6-11/h1-8H,10,17H2. The third-order valence-electron chi connectivity index (χ3n) is 3.05. The number of hydrogen-bond donors (Lipinski definition) is 1. The molecule has 0 bridgehead atoms. The largest absolute Gasteiger partial charge is 0.399 e. The molecule has 92 valence electrons. The summed E-state index contributed by atoms with van der Waals surface area (Å²) in [5.41, 5.74) is 9.23. The van der Waals surface area contributed by atoms with Crippen LogP contribution in [0.25, 0.3) is 22.4 Å². The molecule has 2 aromatic carbocycles. The van der Waals surface area contributed by atoms with Crippen LogP contribution in [0, 0.1) is 11.3 Å². The Hall–Kier alpha value is -2.80. The van der Waals surface area contributed by atoms with Gasteiger partial charge in [0.25, 0.3) is 0 Å². The number of anilines is 1. The van der Waals surface area contributed by atoms with E-state index in [-0.39, 0.29) is 6.54 Å². The van der Waals surface area contributed by atoms with Crippen molar-refractivity contribution in [1.29, 1.82) is 5.26 Å². The first-order chi connectivity index (χ1) is 9.29. The normalized spacial score (nSPS) is 10.5. The SMILES string of the molecule is N#CCn1c(-c2ccc(N)cc2)nc2ccccc21. The molecule has 3 rings (SSSR count). The topological polar surface area (TPSA) is 67.6 Å². The van der Waals surface area contributed by atoms with Gasteiger partial charge in [-0.3, -0.25) is 0 Å². The maximum absolute atomic E-state index is 8.99. The molecule has 0 amide bonds. The molecule has 0 spiro atoms. The van der Waals surface area contributed by atoms with Crippen molar-refractivity contribution in [2.75, 3.05) is 5.73 Å². The number of nitrogen functional groups attached to an aromatic ring is 1. The van der Waals surface area contributed by atoms with Crippen molar-refractivity contribution in [2.24, 2.45) is 0 Å². The molecule has 0 aliphatic heterocycles. The number of nitrogens with zero attached hydrogens (tertiary/aromatic N) is 3. The molecule has 2 N–H and O–H groups in total. The van der Waals surface area contributed by atoms with E-state index in [0.29, 0.717) is 5.69 Å². The van der Waals surface area contributed by atoms with Crippen molar-refractivity contribution in [3.05, 3.63) is 48.5 Å². The lowest BCUT2D eigenvalue weighted by atomic mass is 10.2. The first-order valence-corrected chi connectivity index (χ1v) is 5.98. The Morgan fingerprint density at radius 2 is 1.84 bits per heavy atom. The molecule has 0 aliphatic carbocycles. The van der Waals surface area contributed by atoms with Crippen LogP contribution in [0.15, 0.2) is 48.5 Å². The van der Waals surface area contributed by atoms with Crippen LogP contribution in [0.3, 0.4) is 0 Å². The number of rotatable bonds is 2. The molecular weight excluding hydrogens is 236 g/mol. The van der Waals surface area contributed by atoms with E-state index >= 15 is 0 Å². The maximum Gasteiger partial charge on any atom is 0.142 e. The van der Waals surface area contributed by atoms with Crippen LogP contribution in [-0.4, -0.2) is 9.55 Å². The van der Waals surface area contributed by atoms with E-state index in [4.69, 9.17) is 11.0 Å².